The summed E-state index contributed by atoms with van der Waals surface area (Å²) in [4.78, 5) is 23.2. The van der Waals surface area contributed by atoms with Gasteiger partial charge in [-0.3, -0.25) is 9.59 Å². The van der Waals surface area contributed by atoms with E-state index in [1.54, 1.807) is 0 Å². The van der Waals surface area contributed by atoms with E-state index in [0.29, 0.717) is 38.4 Å². The molecule has 0 aliphatic heterocycles. The molecule has 0 heterocycles. The maximum absolute atomic E-state index is 11.6. The summed E-state index contributed by atoms with van der Waals surface area (Å²) < 4.78 is 10.4. The molecule has 0 spiro atoms. The Balaban J connectivity index is 3.32. The maximum Gasteiger partial charge on any atom is 0.305 e. The fourth-order valence-electron chi connectivity index (χ4n) is 2.80. The highest BCUT2D eigenvalue weighted by atomic mass is 16.5. The molecule has 0 aliphatic carbocycles. The van der Waals surface area contributed by atoms with Crippen LogP contribution >= 0.6 is 0 Å². The van der Waals surface area contributed by atoms with E-state index in [0.717, 1.165) is 25.7 Å². The van der Waals surface area contributed by atoms with Crippen molar-refractivity contribution in [1.29, 1.82) is 0 Å². The molecule has 0 aromatic rings. The van der Waals surface area contributed by atoms with Gasteiger partial charge in [-0.15, -0.1) is 0 Å². The molecule has 0 amide bonds. The summed E-state index contributed by atoms with van der Waals surface area (Å²) in [6.07, 6.45) is 14.4. The molecule has 0 saturated carbocycles. The number of ether oxygens (including phenoxy) is 2. The van der Waals surface area contributed by atoms with Gasteiger partial charge in [0.15, 0.2) is 0 Å². The van der Waals surface area contributed by atoms with Crippen LogP contribution in [-0.2, 0) is 19.1 Å². The maximum atomic E-state index is 11.6. The van der Waals surface area contributed by atoms with Crippen molar-refractivity contribution in [2.75, 3.05) is 13.2 Å². The minimum Gasteiger partial charge on any atom is -0.466 e. The molecule has 0 unspecified atom stereocenters. The molecule has 26 heavy (non-hydrogen) atoms. The molecule has 0 aliphatic rings. The molecule has 0 atom stereocenters. The van der Waals surface area contributed by atoms with Crippen molar-refractivity contribution in [2.24, 2.45) is 5.92 Å². The van der Waals surface area contributed by atoms with Crippen LogP contribution in [0.3, 0.4) is 0 Å². The zero-order valence-electron chi connectivity index (χ0n) is 17.5. The molecule has 4 heteroatoms. The third-order valence-corrected chi connectivity index (χ3v) is 4.46. The van der Waals surface area contributed by atoms with Gasteiger partial charge in [-0.2, -0.15) is 0 Å². The molecule has 154 valence electrons. The van der Waals surface area contributed by atoms with Crippen molar-refractivity contribution in [3.05, 3.63) is 0 Å². The monoisotopic (exact) mass is 370 g/mol. The lowest BCUT2D eigenvalue weighted by molar-refractivity contribution is -0.145. The first kappa shape index (κ1) is 24.9. The van der Waals surface area contributed by atoms with E-state index in [1.807, 2.05) is 0 Å². The van der Waals surface area contributed by atoms with E-state index in [9.17, 15) is 9.59 Å². The quantitative estimate of drug-likeness (QED) is 0.212. The second-order valence-electron chi connectivity index (χ2n) is 7.66. The molecule has 0 bridgehead atoms. The largest absolute Gasteiger partial charge is 0.466 e. The zero-order valence-corrected chi connectivity index (χ0v) is 17.5. The van der Waals surface area contributed by atoms with E-state index in [2.05, 4.69) is 20.8 Å². The van der Waals surface area contributed by atoms with Gasteiger partial charge in [0.1, 0.15) is 0 Å². The zero-order chi connectivity index (χ0) is 19.5. The second-order valence-corrected chi connectivity index (χ2v) is 7.66. The van der Waals surface area contributed by atoms with E-state index in [1.165, 1.54) is 44.9 Å². The first-order valence-electron chi connectivity index (χ1n) is 10.9. The lowest BCUT2D eigenvalue weighted by atomic mass is 10.1. The van der Waals surface area contributed by atoms with Crippen LogP contribution in [0.2, 0.25) is 0 Å². The van der Waals surface area contributed by atoms with Crippen molar-refractivity contribution in [2.45, 2.75) is 111 Å². The van der Waals surface area contributed by atoms with Gasteiger partial charge in [0, 0.05) is 12.8 Å². The van der Waals surface area contributed by atoms with Crippen molar-refractivity contribution >= 4 is 11.9 Å². The van der Waals surface area contributed by atoms with E-state index in [-0.39, 0.29) is 11.9 Å². The fourth-order valence-corrected chi connectivity index (χ4v) is 2.80. The summed E-state index contributed by atoms with van der Waals surface area (Å²) in [6, 6.07) is 0. The Morgan fingerprint density at radius 1 is 0.654 bits per heavy atom. The number of rotatable bonds is 18. The average molecular weight is 371 g/mol. The van der Waals surface area contributed by atoms with Gasteiger partial charge in [0.25, 0.3) is 0 Å². The summed E-state index contributed by atoms with van der Waals surface area (Å²) in [5.74, 6) is 0.229. The van der Waals surface area contributed by atoms with Gasteiger partial charge in [0.2, 0.25) is 0 Å². The highest BCUT2D eigenvalue weighted by Gasteiger charge is 2.07. The molecule has 0 aromatic carbocycles. The number of esters is 2. The van der Waals surface area contributed by atoms with Crippen molar-refractivity contribution in [3.8, 4) is 0 Å². The molecule has 0 rings (SSSR count). The van der Waals surface area contributed by atoms with Gasteiger partial charge in [0.05, 0.1) is 13.2 Å². The minimum atomic E-state index is -0.208. The Bertz CT molecular complexity index is 339. The van der Waals surface area contributed by atoms with Crippen LogP contribution in [0.5, 0.6) is 0 Å². The predicted molar refractivity (Wildman–Crippen MR) is 107 cm³/mol. The van der Waals surface area contributed by atoms with E-state index >= 15 is 0 Å². The number of hydrogen-bond donors (Lipinski definition) is 0. The van der Waals surface area contributed by atoms with Crippen LogP contribution in [0.1, 0.15) is 111 Å². The fraction of sp³-hybridized carbons (Fsp3) is 0.909. The summed E-state index contributed by atoms with van der Waals surface area (Å²) in [5.41, 5.74) is 0. The summed E-state index contributed by atoms with van der Waals surface area (Å²) in [7, 11) is 0. The highest BCUT2D eigenvalue weighted by Crippen LogP contribution is 2.10. The number of carbonyl (C=O) groups excluding carboxylic acids is 2. The SMILES string of the molecule is CCCCCCCCCCCOC(=O)CCCC(=O)OCCCC(C)C. The molecule has 0 aromatic heterocycles. The smallest absolute Gasteiger partial charge is 0.305 e. The van der Waals surface area contributed by atoms with Gasteiger partial charge < -0.3 is 9.47 Å². The molecular weight excluding hydrogens is 328 g/mol. The first-order valence-corrected chi connectivity index (χ1v) is 10.9. The highest BCUT2D eigenvalue weighted by molar-refractivity contribution is 5.72. The Hall–Kier alpha value is -1.06. The minimum absolute atomic E-state index is 0.197. The van der Waals surface area contributed by atoms with Crippen molar-refractivity contribution in [1.82, 2.24) is 0 Å². The number of unbranched alkanes of at least 4 members (excludes halogenated alkanes) is 8. The van der Waals surface area contributed by atoms with Gasteiger partial charge >= 0.3 is 11.9 Å². The lowest BCUT2D eigenvalue weighted by Gasteiger charge is -2.07. The van der Waals surface area contributed by atoms with Crippen molar-refractivity contribution < 1.29 is 19.1 Å². The summed E-state index contributed by atoms with van der Waals surface area (Å²) in [6.45, 7) is 7.54. The molecule has 0 N–H and O–H groups in total. The Morgan fingerprint density at radius 2 is 1.12 bits per heavy atom. The Morgan fingerprint density at radius 3 is 1.62 bits per heavy atom. The lowest BCUT2D eigenvalue weighted by Crippen LogP contribution is -2.09. The van der Waals surface area contributed by atoms with Gasteiger partial charge in [-0.05, 0) is 31.6 Å². The second kappa shape index (κ2) is 18.7. The van der Waals surface area contributed by atoms with Crippen molar-refractivity contribution in [3.63, 3.8) is 0 Å². The van der Waals surface area contributed by atoms with Crippen LogP contribution in [0.15, 0.2) is 0 Å². The van der Waals surface area contributed by atoms with E-state index in [4.69, 9.17) is 9.47 Å². The number of hydrogen-bond acceptors (Lipinski definition) is 4. The molecule has 0 fully saturated rings. The molecule has 4 nitrogen and oxygen atoms in total. The molecule has 0 radical (unpaired) electrons. The molecular formula is C22H42O4. The predicted octanol–water partition coefficient (Wildman–Crippen LogP) is 6.21. The van der Waals surface area contributed by atoms with Gasteiger partial charge in [-0.25, -0.2) is 0 Å². The van der Waals surface area contributed by atoms with Gasteiger partial charge in [-0.1, -0.05) is 72.1 Å². The standard InChI is InChI=1S/C22H42O4/c1-4-5-6-7-8-9-10-11-12-18-25-21(23)16-13-17-22(24)26-19-14-15-20(2)3/h20H,4-19H2,1-3H3. The average Bonchev–Trinajstić information content (AvgIpc) is 2.60. The Kier molecular flexibility index (Phi) is 18.0. The van der Waals surface area contributed by atoms with Crippen LogP contribution in [0.25, 0.3) is 0 Å². The van der Waals surface area contributed by atoms with Crippen LogP contribution in [-0.4, -0.2) is 25.2 Å². The first-order chi connectivity index (χ1) is 12.6. The number of carbonyl (C=O) groups is 2. The van der Waals surface area contributed by atoms with Crippen LogP contribution in [0.4, 0.5) is 0 Å². The summed E-state index contributed by atoms with van der Waals surface area (Å²) >= 11 is 0. The topological polar surface area (TPSA) is 52.6 Å². The summed E-state index contributed by atoms with van der Waals surface area (Å²) in [5, 5.41) is 0. The van der Waals surface area contributed by atoms with E-state index < -0.39 is 0 Å². The van der Waals surface area contributed by atoms with Crippen LogP contribution in [0, 0.1) is 5.92 Å². The normalized spacial score (nSPS) is 10.9. The molecule has 0 saturated heterocycles. The van der Waals surface area contributed by atoms with Crippen LogP contribution < -0.4 is 0 Å². The Labute approximate surface area is 161 Å². The third-order valence-electron chi connectivity index (χ3n) is 4.46. The third kappa shape index (κ3) is 19.3.